The molecule has 0 aliphatic rings. The van der Waals surface area contributed by atoms with E-state index in [9.17, 15) is 4.79 Å². The monoisotopic (exact) mass is 322 g/mol. The van der Waals surface area contributed by atoms with E-state index in [4.69, 9.17) is 0 Å². The van der Waals surface area contributed by atoms with Crippen LogP contribution in [0.4, 0.5) is 5.69 Å². The molecule has 1 amide bonds. The van der Waals surface area contributed by atoms with Crippen molar-refractivity contribution in [2.75, 3.05) is 18.4 Å². The molecule has 3 nitrogen and oxygen atoms in total. The Morgan fingerprint density at radius 2 is 1.75 bits per heavy atom. The third-order valence-corrected chi connectivity index (χ3v) is 4.08. The number of carbonyl (C=O) groups is 1. The van der Waals surface area contributed by atoms with Gasteiger partial charge in [0.15, 0.2) is 0 Å². The second kappa shape index (κ2) is 8.46. The van der Waals surface area contributed by atoms with Gasteiger partial charge in [-0.2, -0.15) is 0 Å². The van der Waals surface area contributed by atoms with Crippen LogP contribution in [0.2, 0.25) is 0 Å². The minimum absolute atomic E-state index is 0.00137. The van der Waals surface area contributed by atoms with Crippen LogP contribution in [0, 0.1) is 0 Å². The first-order valence-electron chi connectivity index (χ1n) is 8.36. The number of anilines is 1. The van der Waals surface area contributed by atoms with Crippen LogP contribution >= 0.6 is 0 Å². The molecule has 126 valence electrons. The molecule has 0 aliphatic carbocycles. The summed E-state index contributed by atoms with van der Waals surface area (Å²) in [6.07, 6.45) is 0. The van der Waals surface area contributed by atoms with Gasteiger partial charge in [-0.15, -0.1) is 0 Å². The fraction of sp³-hybridized carbons (Fsp3) is 0.286. The van der Waals surface area contributed by atoms with Gasteiger partial charge >= 0.3 is 0 Å². The molecule has 1 unspecified atom stereocenters. The molecule has 2 rings (SSSR count). The summed E-state index contributed by atoms with van der Waals surface area (Å²) < 4.78 is 0. The lowest BCUT2D eigenvalue weighted by atomic mass is 10.0. The minimum Gasteiger partial charge on any atom is -0.324 e. The van der Waals surface area contributed by atoms with Crippen molar-refractivity contribution >= 4 is 11.6 Å². The second-order valence-corrected chi connectivity index (χ2v) is 6.10. The number of benzene rings is 2. The highest BCUT2D eigenvalue weighted by Gasteiger charge is 2.20. The Balaban J connectivity index is 2.19. The molecule has 1 atom stereocenters. The molecular formula is C21H26N2O. The van der Waals surface area contributed by atoms with Gasteiger partial charge in [-0.05, 0) is 32.0 Å². The van der Waals surface area contributed by atoms with Crippen LogP contribution in [0.5, 0.6) is 0 Å². The topological polar surface area (TPSA) is 32.3 Å². The van der Waals surface area contributed by atoms with Gasteiger partial charge in [0.2, 0.25) is 5.91 Å². The zero-order valence-electron chi connectivity index (χ0n) is 14.8. The first-order chi connectivity index (χ1) is 11.5. The van der Waals surface area contributed by atoms with E-state index in [2.05, 4.69) is 23.7 Å². The maximum atomic E-state index is 12.7. The third-order valence-electron chi connectivity index (χ3n) is 4.08. The van der Waals surface area contributed by atoms with Crippen LogP contribution in [0.15, 0.2) is 66.7 Å². The van der Waals surface area contributed by atoms with Crippen molar-refractivity contribution in [3.05, 3.63) is 66.7 Å². The maximum Gasteiger partial charge on any atom is 0.241 e. The van der Waals surface area contributed by atoms with E-state index in [1.54, 1.807) is 0 Å². The standard InChI is InChI=1S/C21H26N2O/c1-5-23(15-16(2)3)17(4)21(24)22-20-14-10-9-13-19(20)18-11-7-6-8-12-18/h6-14,17H,2,5,15H2,1,3-4H3,(H,22,24). The van der Waals surface area contributed by atoms with Gasteiger partial charge in [0.05, 0.1) is 6.04 Å². The lowest BCUT2D eigenvalue weighted by Gasteiger charge is -2.27. The number of hydrogen-bond acceptors (Lipinski definition) is 2. The minimum atomic E-state index is -0.212. The zero-order chi connectivity index (χ0) is 17.5. The Morgan fingerprint density at radius 1 is 1.12 bits per heavy atom. The zero-order valence-corrected chi connectivity index (χ0v) is 14.8. The fourth-order valence-corrected chi connectivity index (χ4v) is 2.73. The molecule has 2 aromatic rings. The van der Waals surface area contributed by atoms with E-state index in [0.29, 0.717) is 0 Å². The summed E-state index contributed by atoms with van der Waals surface area (Å²) in [6.45, 7) is 11.5. The summed E-state index contributed by atoms with van der Waals surface area (Å²) in [7, 11) is 0. The number of carbonyl (C=O) groups excluding carboxylic acids is 1. The number of amides is 1. The lowest BCUT2D eigenvalue weighted by molar-refractivity contribution is -0.120. The molecule has 1 N–H and O–H groups in total. The van der Waals surface area contributed by atoms with Crippen LogP contribution in [-0.4, -0.2) is 29.9 Å². The van der Waals surface area contributed by atoms with E-state index >= 15 is 0 Å². The first-order valence-corrected chi connectivity index (χ1v) is 8.36. The molecule has 24 heavy (non-hydrogen) atoms. The molecule has 0 saturated carbocycles. The van der Waals surface area contributed by atoms with Gasteiger partial charge in [0.25, 0.3) is 0 Å². The number of hydrogen-bond donors (Lipinski definition) is 1. The second-order valence-electron chi connectivity index (χ2n) is 6.10. The summed E-state index contributed by atoms with van der Waals surface area (Å²) in [6, 6.07) is 17.8. The maximum absolute atomic E-state index is 12.7. The summed E-state index contributed by atoms with van der Waals surface area (Å²) in [5, 5.41) is 3.09. The van der Waals surface area contributed by atoms with Crippen molar-refractivity contribution in [2.24, 2.45) is 0 Å². The van der Waals surface area contributed by atoms with Gasteiger partial charge in [0.1, 0.15) is 0 Å². The highest BCUT2D eigenvalue weighted by molar-refractivity contribution is 5.98. The number of nitrogens with zero attached hydrogens (tertiary/aromatic N) is 1. The smallest absolute Gasteiger partial charge is 0.241 e. The third kappa shape index (κ3) is 4.56. The van der Waals surface area contributed by atoms with Gasteiger partial charge < -0.3 is 5.32 Å². The summed E-state index contributed by atoms with van der Waals surface area (Å²) >= 11 is 0. The number of rotatable bonds is 7. The van der Waals surface area contributed by atoms with Crippen LogP contribution < -0.4 is 5.32 Å². The van der Waals surface area contributed by atoms with Crippen molar-refractivity contribution < 1.29 is 4.79 Å². The molecule has 3 heteroatoms. The van der Waals surface area contributed by atoms with Crippen LogP contribution in [0.25, 0.3) is 11.1 Å². The highest BCUT2D eigenvalue weighted by atomic mass is 16.2. The largest absolute Gasteiger partial charge is 0.324 e. The molecule has 0 radical (unpaired) electrons. The number of likely N-dealkylation sites (N-methyl/N-ethyl adjacent to an activating group) is 1. The average molecular weight is 322 g/mol. The summed E-state index contributed by atoms with van der Waals surface area (Å²) in [5.41, 5.74) is 4.02. The fourth-order valence-electron chi connectivity index (χ4n) is 2.73. The Labute approximate surface area is 145 Å². The van der Waals surface area contributed by atoms with Gasteiger partial charge in [0, 0.05) is 17.8 Å². The van der Waals surface area contributed by atoms with E-state index in [1.807, 2.05) is 68.4 Å². The molecule has 0 fully saturated rings. The molecule has 2 aromatic carbocycles. The van der Waals surface area contributed by atoms with Gasteiger partial charge in [-0.25, -0.2) is 0 Å². The Kier molecular flexibility index (Phi) is 6.33. The van der Waals surface area contributed by atoms with Crippen LogP contribution in [-0.2, 0) is 4.79 Å². The van der Waals surface area contributed by atoms with Crippen molar-refractivity contribution in [1.82, 2.24) is 4.90 Å². The van der Waals surface area contributed by atoms with E-state index < -0.39 is 0 Å². The van der Waals surface area contributed by atoms with E-state index in [1.165, 1.54) is 0 Å². The SMILES string of the molecule is C=C(C)CN(CC)C(C)C(=O)Nc1ccccc1-c1ccccc1. The Morgan fingerprint density at radius 3 is 2.38 bits per heavy atom. The quantitative estimate of drug-likeness (QED) is 0.757. The van der Waals surface area contributed by atoms with Crippen molar-refractivity contribution in [1.29, 1.82) is 0 Å². The molecule has 0 aliphatic heterocycles. The summed E-state index contributed by atoms with van der Waals surface area (Å²) in [5.74, 6) is 0.00137. The Bertz CT molecular complexity index is 694. The molecule has 0 bridgehead atoms. The summed E-state index contributed by atoms with van der Waals surface area (Å²) in [4.78, 5) is 14.8. The van der Waals surface area contributed by atoms with Crippen LogP contribution in [0.1, 0.15) is 20.8 Å². The van der Waals surface area contributed by atoms with Gasteiger partial charge in [-0.3, -0.25) is 9.69 Å². The molecular weight excluding hydrogens is 296 g/mol. The van der Waals surface area contributed by atoms with Crippen molar-refractivity contribution in [3.63, 3.8) is 0 Å². The van der Waals surface area contributed by atoms with Crippen LogP contribution in [0.3, 0.4) is 0 Å². The predicted octanol–water partition coefficient (Wildman–Crippen LogP) is 4.58. The van der Waals surface area contributed by atoms with E-state index in [-0.39, 0.29) is 11.9 Å². The lowest BCUT2D eigenvalue weighted by Crippen LogP contribution is -2.42. The first kappa shape index (κ1) is 18.0. The van der Waals surface area contributed by atoms with Crippen molar-refractivity contribution in [3.8, 4) is 11.1 Å². The predicted molar refractivity (Wildman–Crippen MR) is 102 cm³/mol. The number of nitrogens with one attached hydrogen (secondary N) is 1. The molecule has 0 saturated heterocycles. The average Bonchev–Trinajstić information content (AvgIpc) is 2.60. The highest BCUT2D eigenvalue weighted by Crippen LogP contribution is 2.27. The Hall–Kier alpha value is -2.39. The molecule has 0 aromatic heterocycles. The van der Waals surface area contributed by atoms with E-state index in [0.717, 1.165) is 35.5 Å². The molecule has 0 spiro atoms. The number of para-hydroxylation sites is 1. The van der Waals surface area contributed by atoms with Crippen molar-refractivity contribution in [2.45, 2.75) is 26.8 Å². The normalized spacial score (nSPS) is 12.0. The van der Waals surface area contributed by atoms with Gasteiger partial charge in [-0.1, -0.05) is 67.6 Å². The molecule has 0 heterocycles.